The molecule has 3 amide bonds. The number of aromatic hydroxyl groups is 1. The summed E-state index contributed by atoms with van der Waals surface area (Å²) in [5.74, 6) is -8.38. The van der Waals surface area contributed by atoms with Crippen LogP contribution in [0.3, 0.4) is 0 Å². The van der Waals surface area contributed by atoms with Gasteiger partial charge in [0.05, 0.1) is 23.0 Å². The third kappa shape index (κ3) is 4.80. The van der Waals surface area contributed by atoms with E-state index in [0.29, 0.717) is 16.9 Å². The van der Waals surface area contributed by atoms with Crippen molar-refractivity contribution >= 4 is 57.1 Å². The molecule has 0 spiro atoms. The highest BCUT2D eigenvalue weighted by atomic mass is 16.3. The Balaban J connectivity index is 1.43. The van der Waals surface area contributed by atoms with Gasteiger partial charge in [-0.25, -0.2) is 4.79 Å². The molecule has 0 bridgehead atoms. The largest absolute Gasteiger partial charge is 0.507 e. The number of ketones is 2. The molecule has 47 heavy (non-hydrogen) atoms. The monoisotopic (exact) mass is 643 g/mol. The summed E-state index contributed by atoms with van der Waals surface area (Å²) in [7, 11) is 6.68. The lowest BCUT2D eigenvalue weighted by molar-refractivity contribution is -0.184. The van der Waals surface area contributed by atoms with Crippen molar-refractivity contribution in [3.05, 3.63) is 65.2 Å². The fourth-order valence-corrected chi connectivity index (χ4v) is 7.76. The SMILES string of the molecule is CN(C)c1cc(NC(=O)Nc2cccc3ccccc23)c(O)c2c1CC1CC3[C@H](N(C)C)C(O)C(C(N)=O)C(=O)[C@@]3(O)C(=O)C1=C2O. The van der Waals surface area contributed by atoms with Gasteiger partial charge in [-0.1, -0.05) is 36.4 Å². The number of hydrogen-bond donors (Lipinski definition) is 7. The van der Waals surface area contributed by atoms with Gasteiger partial charge in [0.2, 0.25) is 11.7 Å². The summed E-state index contributed by atoms with van der Waals surface area (Å²) in [6, 6.07) is 12.8. The number of nitrogens with one attached hydrogen (secondary N) is 2. The molecule has 0 aromatic heterocycles. The van der Waals surface area contributed by atoms with Gasteiger partial charge in [-0.15, -0.1) is 0 Å². The number of urea groups is 1. The van der Waals surface area contributed by atoms with E-state index in [1.807, 2.05) is 30.3 Å². The van der Waals surface area contributed by atoms with E-state index in [0.717, 1.165) is 10.8 Å². The predicted octanol–water partition coefficient (Wildman–Crippen LogP) is 1.99. The number of aliphatic hydroxyl groups is 3. The smallest absolute Gasteiger partial charge is 0.323 e. The maximum Gasteiger partial charge on any atom is 0.323 e. The normalized spacial score (nSPS) is 26.8. The highest BCUT2D eigenvalue weighted by Crippen LogP contribution is 2.54. The van der Waals surface area contributed by atoms with Crippen molar-refractivity contribution in [2.45, 2.75) is 30.6 Å². The van der Waals surface area contributed by atoms with Crippen LogP contribution in [0.4, 0.5) is 21.9 Å². The summed E-state index contributed by atoms with van der Waals surface area (Å²) >= 11 is 0. The van der Waals surface area contributed by atoms with Crippen molar-refractivity contribution in [3.63, 3.8) is 0 Å². The first-order valence-corrected chi connectivity index (χ1v) is 15.2. The molecule has 3 aromatic rings. The number of amides is 3. The van der Waals surface area contributed by atoms with E-state index in [9.17, 15) is 39.6 Å². The third-order valence-corrected chi connectivity index (χ3v) is 9.83. The molecule has 6 atom stereocenters. The number of phenolic OH excluding ortho intramolecular Hbond substituents is 1. The van der Waals surface area contributed by atoms with Crippen molar-refractivity contribution in [2.24, 2.45) is 23.5 Å². The second-order valence-corrected chi connectivity index (χ2v) is 12.9. The number of likely N-dealkylation sites (N-methyl/N-ethyl adjacent to an activating group) is 1. The minimum Gasteiger partial charge on any atom is -0.507 e. The molecule has 8 N–H and O–H groups in total. The highest BCUT2D eigenvalue weighted by molar-refractivity contribution is 6.25. The van der Waals surface area contributed by atoms with Gasteiger partial charge >= 0.3 is 6.03 Å². The maximum atomic E-state index is 14.2. The number of nitrogens with zero attached hydrogens (tertiary/aromatic N) is 2. The van der Waals surface area contributed by atoms with E-state index < -0.39 is 70.5 Å². The summed E-state index contributed by atoms with van der Waals surface area (Å²) in [6.45, 7) is 0. The Morgan fingerprint density at radius 2 is 1.64 bits per heavy atom. The van der Waals surface area contributed by atoms with Crippen molar-refractivity contribution < 1.29 is 39.6 Å². The van der Waals surface area contributed by atoms with Gasteiger partial charge in [0.25, 0.3) is 0 Å². The van der Waals surface area contributed by atoms with Gasteiger partial charge in [0.1, 0.15) is 11.7 Å². The fourth-order valence-electron chi connectivity index (χ4n) is 7.76. The molecule has 0 saturated heterocycles. The number of nitrogens with two attached hydrogens (primary N) is 1. The molecule has 4 unspecified atom stereocenters. The summed E-state index contributed by atoms with van der Waals surface area (Å²) in [5.41, 5.74) is 3.77. The topological polar surface area (TPSA) is 206 Å². The average Bonchev–Trinajstić information content (AvgIpc) is 3.00. The number of primary amides is 1. The number of fused-ring (bicyclic) bond motifs is 4. The van der Waals surface area contributed by atoms with Crippen LogP contribution in [0.1, 0.15) is 17.5 Å². The zero-order valence-corrected chi connectivity index (χ0v) is 26.3. The molecule has 2 saturated carbocycles. The summed E-state index contributed by atoms with van der Waals surface area (Å²) in [5, 5.41) is 53.3. The molecule has 3 aromatic carbocycles. The second kappa shape index (κ2) is 11.4. The van der Waals surface area contributed by atoms with Gasteiger partial charge in [-0.05, 0) is 55.9 Å². The number of rotatable bonds is 5. The minimum atomic E-state index is -2.76. The van der Waals surface area contributed by atoms with Crippen LogP contribution in [0.15, 0.2) is 54.1 Å². The predicted molar refractivity (Wildman–Crippen MR) is 175 cm³/mol. The van der Waals surface area contributed by atoms with Gasteiger partial charge < -0.3 is 46.6 Å². The van der Waals surface area contributed by atoms with E-state index >= 15 is 0 Å². The van der Waals surface area contributed by atoms with Gasteiger partial charge in [0.15, 0.2) is 17.1 Å². The van der Waals surface area contributed by atoms with E-state index in [2.05, 4.69) is 10.6 Å². The lowest BCUT2D eigenvalue weighted by atomic mass is 9.54. The summed E-state index contributed by atoms with van der Waals surface area (Å²) in [6.07, 6.45) is -1.45. The Kier molecular flexibility index (Phi) is 7.74. The Hall–Kier alpha value is -4.98. The maximum absolute atomic E-state index is 14.2. The molecular weight excluding hydrogens is 606 g/mol. The zero-order chi connectivity index (χ0) is 34.1. The lowest BCUT2D eigenvalue weighted by Crippen LogP contribution is -2.73. The van der Waals surface area contributed by atoms with Crippen LogP contribution < -0.4 is 21.3 Å². The van der Waals surface area contributed by atoms with Crippen LogP contribution in [0, 0.1) is 17.8 Å². The Morgan fingerprint density at radius 1 is 0.979 bits per heavy atom. The summed E-state index contributed by atoms with van der Waals surface area (Å²) in [4.78, 5) is 56.6. The quantitative estimate of drug-likeness (QED) is 0.159. The number of aliphatic hydroxyl groups excluding tert-OH is 2. The first kappa shape index (κ1) is 32.0. The van der Waals surface area contributed by atoms with Crippen LogP contribution in [-0.4, -0.2) is 94.8 Å². The molecule has 3 aliphatic rings. The molecule has 0 radical (unpaired) electrons. The van der Waals surface area contributed by atoms with Crippen molar-refractivity contribution in [2.75, 3.05) is 43.7 Å². The van der Waals surface area contributed by atoms with Gasteiger partial charge in [0, 0.05) is 42.7 Å². The molecule has 3 aliphatic carbocycles. The Bertz CT molecular complexity index is 1880. The van der Waals surface area contributed by atoms with Gasteiger partial charge in [-0.3, -0.25) is 14.4 Å². The van der Waals surface area contributed by atoms with E-state index in [1.165, 1.54) is 0 Å². The number of Topliss-reactive ketones (excluding diaryl/α,β-unsaturated/α-hetero) is 2. The van der Waals surface area contributed by atoms with Crippen LogP contribution in [0.5, 0.6) is 5.75 Å². The van der Waals surface area contributed by atoms with Crippen LogP contribution in [0.2, 0.25) is 0 Å². The number of phenols is 1. The Labute approximate surface area is 270 Å². The summed E-state index contributed by atoms with van der Waals surface area (Å²) < 4.78 is 0. The number of carbonyl (C=O) groups excluding carboxylic acids is 4. The molecule has 246 valence electrons. The molecular formula is C34H37N5O8. The molecule has 0 aliphatic heterocycles. The number of anilines is 3. The third-order valence-electron chi connectivity index (χ3n) is 9.83. The number of carbonyl (C=O) groups is 4. The fraction of sp³-hybridized carbons (Fsp3) is 0.353. The van der Waals surface area contributed by atoms with E-state index in [-0.39, 0.29) is 29.7 Å². The standard InChI is InChI=1S/C34H37N5O8/c1-38(2)22-14-21(37-33(46)36-20-11-7-9-15-8-5-6-10-17(15)20)27(40)24-18(22)12-16-13-19-26(39(3)4)29(42)25(32(35)45)31(44)34(19,47)30(43)23(16)28(24)41/h5-11,14,16,19,25-26,29,40-42,47H,12-13H2,1-4H3,(H2,35,45)(H2,36,37,46)/t16?,19?,25?,26-,29?,34-/m0/s1. The van der Waals surface area contributed by atoms with Crippen LogP contribution in [0.25, 0.3) is 16.5 Å². The average molecular weight is 644 g/mol. The minimum absolute atomic E-state index is 0.000722. The van der Waals surface area contributed by atoms with Crippen LogP contribution >= 0.6 is 0 Å². The Morgan fingerprint density at radius 3 is 2.30 bits per heavy atom. The molecule has 13 heteroatoms. The van der Waals surface area contributed by atoms with E-state index in [4.69, 9.17) is 5.73 Å². The first-order valence-electron chi connectivity index (χ1n) is 15.2. The van der Waals surface area contributed by atoms with Crippen molar-refractivity contribution in [1.82, 2.24) is 4.90 Å². The molecule has 6 rings (SSSR count). The molecule has 2 fully saturated rings. The van der Waals surface area contributed by atoms with Crippen molar-refractivity contribution in [3.8, 4) is 5.75 Å². The lowest BCUT2D eigenvalue weighted by Gasteiger charge is -2.53. The molecule has 13 nitrogen and oxygen atoms in total. The highest BCUT2D eigenvalue weighted by Gasteiger charge is 2.67. The number of benzene rings is 3. The second-order valence-electron chi connectivity index (χ2n) is 12.9. The van der Waals surface area contributed by atoms with E-state index in [1.54, 1.807) is 56.2 Å². The molecule has 0 heterocycles. The first-order chi connectivity index (χ1) is 22.2. The van der Waals surface area contributed by atoms with Crippen LogP contribution in [-0.2, 0) is 20.8 Å². The van der Waals surface area contributed by atoms with Crippen molar-refractivity contribution in [1.29, 1.82) is 0 Å². The van der Waals surface area contributed by atoms with Gasteiger partial charge in [-0.2, -0.15) is 0 Å². The number of hydrogen-bond acceptors (Lipinski definition) is 10. The zero-order valence-electron chi connectivity index (χ0n) is 26.3.